The van der Waals surface area contributed by atoms with Gasteiger partial charge in [0.15, 0.2) is 0 Å². The van der Waals surface area contributed by atoms with Crippen molar-refractivity contribution in [1.29, 1.82) is 0 Å². The van der Waals surface area contributed by atoms with Crippen LogP contribution in [0.15, 0.2) is 70.7 Å². The van der Waals surface area contributed by atoms with Crippen molar-refractivity contribution in [3.63, 3.8) is 0 Å². The number of sulfonamides is 1. The van der Waals surface area contributed by atoms with Crippen LogP contribution < -0.4 is 10.0 Å². The molecule has 0 aliphatic carbocycles. The van der Waals surface area contributed by atoms with Gasteiger partial charge in [0.2, 0.25) is 15.9 Å². The minimum Gasteiger partial charge on any atom is -0.267 e. The smallest absolute Gasteiger partial charge is 0.267 e. The van der Waals surface area contributed by atoms with Crippen molar-refractivity contribution in [3.8, 4) is 0 Å². The van der Waals surface area contributed by atoms with E-state index >= 15 is 0 Å². The average Bonchev–Trinajstić information content (AvgIpc) is 3.47. The molecule has 196 valence electrons. The van der Waals surface area contributed by atoms with Gasteiger partial charge in [-0.1, -0.05) is 36.2 Å². The third-order valence-electron chi connectivity index (χ3n) is 7.23. The molecule has 0 N–H and O–H groups in total. The number of para-hydroxylation sites is 2. The number of amides is 1. The number of nitrogens with zero attached hydrogens (tertiary/aromatic N) is 5. The number of hydrogen-bond donors (Lipinski definition) is 0. The summed E-state index contributed by atoms with van der Waals surface area (Å²) in [4.78, 5) is 19.7. The van der Waals surface area contributed by atoms with Crippen LogP contribution in [0.2, 0.25) is 0 Å². The Bertz CT molecular complexity index is 1540. The van der Waals surface area contributed by atoms with Crippen LogP contribution in [0.5, 0.6) is 0 Å². The first-order chi connectivity index (χ1) is 18.3. The number of hydrogen-bond acceptors (Lipinski definition) is 7. The van der Waals surface area contributed by atoms with Crippen LogP contribution >= 0.6 is 0 Å². The number of fused-ring (bicyclic) bond motifs is 3. The highest BCUT2D eigenvalue weighted by Crippen LogP contribution is 2.43. The van der Waals surface area contributed by atoms with Gasteiger partial charge in [0.25, 0.3) is 5.91 Å². The summed E-state index contributed by atoms with van der Waals surface area (Å²) in [7, 11) is -3.59. The summed E-state index contributed by atoms with van der Waals surface area (Å²) in [5.74, 6) is 0.224. The number of benzene rings is 3. The standard InChI is InChI=1S/C28H29N5O4S/c1-19-17-20(2)26(21(3)18-19)27-29-37-33-31(27)24-9-5-6-10-25(24)32(33)28(34)22-11-13-23(14-12-22)38(35,36)30-15-7-4-8-16-30/h5-6,9-14,17-18H,4,7-8,15-16H2,1-3H3. The van der Waals surface area contributed by atoms with Crippen LogP contribution in [0.3, 0.4) is 0 Å². The van der Waals surface area contributed by atoms with Crippen LogP contribution in [0, 0.1) is 20.8 Å². The molecule has 0 unspecified atom stereocenters. The second-order valence-electron chi connectivity index (χ2n) is 9.93. The van der Waals surface area contributed by atoms with Crippen molar-refractivity contribution in [1.82, 2.24) is 9.59 Å². The van der Waals surface area contributed by atoms with E-state index < -0.39 is 10.0 Å². The Labute approximate surface area is 222 Å². The van der Waals surface area contributed by atoms with Crippen molar-refractivity contribution in [3.05, 3.63) is 88.5 Å². The molecule has 0 saturated carbocycles. The highest BCUT2D eigenvalue weighted by atomic mass is 32.2. The molecule has 3 heterocycles. The van der Waals surface area contributed by atoms with E-state index in [1.807, 2.05) is 38.1 Å². The molecule has 0 spiro atoms. The second kappa shape index (κ2) is 9.23. The summed E-state index contributed by atoms with van der Waals surface area (Å²) >= 11 is 0. The highest BCUT2D eigenvalue weighted by molar-refractivity contribution is 7.89. The molecule has 6 rings (SSSR count). The molecule has 10 heteroatoms. The first-order valence-corrected chi connectivity index (χ1v) is 14.2. The predicted molar refractivity (Wildman–Crippen MR) is 145 cm³/mol. The maximum Gasteiger partial charge on any atom is 0.277 e. The second-order valence-corrected chi connectivity index (χ2v) is 11.9. The maximum absolute atomic E-state index is 13.8. The molecule has 38 heavy (non-hydrogen) atoms. The Kier molecular flexibility index (Phi) is 5.97. The molecule has 3 aliphatic rings. The van der Waals surface area contributed by atoms with E-state index in [0.29, 0.717) is 30.2 Å². The Balaban J connectivity index is 1.32. The van der Waals surface area contributed by atoms with Crippen molar-refractivity contribution in [2.24, 2.45) is 5.16 Å². The molecule has 1 saturated heterocycles. The monoisotopic (exact) mass is 531 g/mol. The van der Waals surface area contributed by atoms with Crippen LogP contribution in [-0.2, 0) is 15.0 Å². The first kappa shape index (κ1) is 24.6. The zero-order valence-electron chi connectivity index (χ0n) is 21.6. The Morgan fingerprint density at radius 2 is 1.50 bits per heavy atom. The van der Waals surface area contributed by atoms with Crippen molar-refractivity contribution >= 4 is 33.1 Å². The highest BCUT2D eigenvalue weighted by Gasteiger charge is 2.47. The molecule has 0 atom stereocenters. The largest absolute Gasteiger partial charge is 0.277 e. The molecule has 3 aliphatic heterocycles. The van der Waals surface area contributed by atoms with Gasteiger partial charge in [-0.2, -0.15) is 14.3 Å². The lowest BCUT2D eigenvalue weighted by atomic mass is 9.98. The molecular formula is C28H29N5O4S. The zero-order chi connectivity index (χ0) is 26.6. The first-order valence-electron chi connectivity index (χ1n) is 12.7. The average molecular weight is 532 g/mol. The fourth-order valence-electron chi connectivity index (χ4n) is 5.50. The molecule has 9 nitrogen and oxygen atoms in total. The number of amidine groups is 1. The van der Waals surface area contributed by atoms with Crippen molar-refractivity contribution in [2.75, 3.05) is 23.1 Å². The van der Waals surface area contributed by atoms with Gasteiger partial charge in [0, 0.05) is 24.2 Å². The topological polar surface area (TPSA) is 85.8 Å². The Morgan fingerprint density at radius 3 is 2.16 bits per heavy atom. The molecule has 1 amide bonds. The summed E-state index contributed by atoms with van der Waals surface area (Å²) in [5, 5.41) is 8.90. The van der Waals surface area contributed by atoms with Gasteiger partial charge in [0.05, 0.1) is 21.6 Å². The van der Waals surface area contributed by atoms with E-state index in [9.17, 15) is 13.2 Å². The molecule has 0 bridgehead atoms. The molecule has 0 aromatic heterocycles. The van der Waals surface area contributed by atoms with Crippen LogP contribution in [0.1, 0.15) is 51.9 Å². The van der Waals surface area contributed by atoms with E-state index in [-0.39, 0.29) is 10.8 Å². The SMILES string of the molecule is Cc1cc(C)c(C2=NON3N(C(=O)c4ccc(S(=O)(=O)N5CCCCC5)cc4)c4ccccc4N23)c(C)c1. The van der Waals surface area contributed by atoms with Gasteiger partial charge in [-0.25, -0.2) is 8.42 Å². The molecule has 0 radical (unpaired) electrons. The maximum atomic E-state index is 13.8. The van der Waals surface area contributed by atoms with Gasteiger partial charge in [-0.15, -0.1) is 0 Å². The molecule has 3 aromatic rings. The molecular weight excluding hydrogens is 502 g/mol. The lowest BCUT2D eigenvalue weighted by Crippen LogP contribution is -2.49. The summed E-state index contributed by atoms with van der Waals surface area (Å²) in [6.45, 7) is 7.17. The number of rotatable bonds is 4. The predicted octanol–water partition coefficient (Wildman–Crippen LogP) is 4.69. The van der Waals surface area contributed by atoms with Gasteiger partial charge < -0.3 is 0 Å². The van der Waals surface area contributed by atoms with Crippen molar-refractivity contribution in [2.45, 2.75) is 44.9 Å². The fourth-order valence-corrected chi connectivity index (χ4v) is 7.01. The van der Waals surface area contributed by atoms with Crippen LogP contribution in [0.4, 0.5) is 11.4 Å². The van der Waals surface area contributed by atoms with Crippen LogP contribution in [-0.4, -0.2) is 42.8 Å². The van der Waals surface area contributed by atoms with E-state index in [1.54, 1.807) is 17.1 Å². The normalized spacial score (nSPS) is 17.7. The summed E-state index contributed by atoms with van der Waals surface area (Å²) in [5.41, 5.74) is 5.93. The number of anilines is 2. The Morgan fingerprint density at radius 1 is 0.868 bits per heavy atom. The van der Waals surface area contributed by atoms with E-state index in [0.717, 1.165) is 47.2 Å². The fraction of sp³-hybridized carbons (Fsp3) is 0.286. The van der Waals surface area contributed by atoms with E-state index in [1.165, 1.54) is 26.7 Å². The van der Waals surface area contributed by atoms with Gasteiger partial charge in [-0.05, 0) is 86.3 Å². The van der Waals surface area contributed by atoms with Gasteiger partial charge >= 0.3 is 0 Å². The number of hydrazine groups is 2. The van der Waals surface area contributed by atoms with Crippen LogP contribution in [0.25, 0.3) is 0 Å². The quantitative estimate of drug-likeness (QED) is 0.486. The Hall–Kier alpha value is -3.73. The summed E-state index contributed by atoms with van der Waals surface area (Å²) < 4.78 is 27.7. The third-order valence-corrected chi connectivity index (χ3v) is 9.14. The number of oxime groups is 1. The molecule has 1 fully saturated rings. The van der Waals surface area contributed by atoms with Gasteiger partial charge in [-0.3, -0.25) is 9.73 Å². The molecule has 3 aromatic carbocycles. The lowest BCUT2D eigenvalue weighted by Gasteiger charge is -2.26. The van der Waals surface area contributed by atoms with E-state index in [2.05, 4.69) is 24.2 Å². The summed E-state index contributed by atoms with van der Waals surface area (Å²) in [6.07, 6.45) is 2.77. The minimum absolute atomic E-state index is 0.188. The number of piperidine rings is 1. The number of aryl methyl sites for hydroxylation is 3. The number of carbonyl (C=O) groups is 1. The van der Waals surface area contributed by atoms with Gasteiger partial charge in [0.1, 0.15) is 0 Å². The van der Waals surface area contributed by atoms with Crippen molar-refractivity contribution < 1.29 is 18.2 Å². The minimum atomic E-state index is -3.59. The lowest BCUT2D eigenvalue weighted by molar-refractivity contribution is -0.135. The third kappa shape index (κ3) is 3.87. The zero-order valence-corrected chi connectivity index (χ0v) is 22.4. The van der Waals surface area contributed by atoms with E-state index in [4.69, 9.17) is 4.94 Å². The number of carbonyl (C=O) groups excluding carboxylic acids is 1. The summed E-state index contributed by atoms with van der Waals surface area (Å²) in [6, 6.07) is 17.8.